The smallest absolute Gasteiger partial charge is 0.172 e. The van der Waals surface area contributed by atoms with Crippen molar-refractivity contribution in [3.8, 4) is 5.69 Å². The van der Waals surface area contributed by atoms with E-state index in [9.17, 15) is 0 Å². The van der Waals surface area contributed by atoms with Crippen LogP contribution in [0.4, 0.5) is 5.82 Å². The van der Waals surface area contributed by atoms with Crippen LogP contribution in [0.15, 0.2) is 53.9 Å². The normalized spacial score (nSPS) is 13.7. The Kier molecular flexibility index (Phi) is 6.97. The zero-order valence-electron chi connectivity index (χ0n) is 17.5. The number of pyridine rings is 1. The second kappa shape index (κ2) is 9.86. The first-order chi connectivity index (χ1) is 14.6. The molecule has 2 heterocycles. The number of aromatic nitrogens is 3. The highest BCUT2D eigenvalue weighted by atomic mass is 35.5. The molecule has 1 aliphatic carbocycles. The van der Waals surface area contributed by atoms with Gasteiger partial charge in [0.15, 0.2) is 5.16 Å². The number of nitrogens with one attached hydrogen (secondary N) is 1. The van der Waals surface area contributed by atoms with Gasteiger partial charge in [0.05, 0.1) is 18.4 Å². The predicted octanol–water partition coefficient (Wildman–Crippen LogP) is 5.28. The number of nitrogens with zero attached hydrogens (tertiary/aromatic N) is 4. The van der Waals surface area contributed by atoms with Crippen molar-refractivity contribution in [2.75, 3.05) is 31.2 Å². The van der Waals surface area contributed by atoms with Crippen LogP contribution in [0.1, 0.15) is 24.1 Å². The molecule has 1 aliphatic rings. The van der Waals surface area contributed by atoms with Gasteiger partial charge < -0.3 is 10.2 Å². The minimum atomic E-state index is 0.647. The molecule has 0 saturated heterocycles. The zero-order valence-corrected chi connectivity index (χ0v) is 19.1. The topological polar surface area (TPSA) is 46.0 Å². The number of benzene rings is 1. The molecule has 158 valence electrons. The first-order valence-corrected chi connectivity index (χ1v) is 11.8. The summed E-state index contributed by atoms with van der Waals surface area (Å²) in [5.74, 6) is 2.80. The second-order valence-corrected chi connectivity index (χ2v) is 9.47. The van der Waals surface area contributed by atoms with Crippen molar-refractivity contribution >= 4 is 29.2 Å². The van der Waals surface area contributed by atoms with Crippen molar-refractivity contribution in [3.63, 3.8) is 0 Å². The number of imidazole rings is 1. The van der Waals surface area contributed by atoms with E-state index in [1.54, 1.807) is 11.8 Å². The maximum absolute atomic E-state index is 6.12. The first kappa shape index (κ1) is 21.2. The van der Waals surface area contributed by atoms with Gasteiger partial charge in [0, 0.05) is 35.7 Å². The monoisotopic (exact) mass is 441 g/mol. The van der Waals surface area contributed by atoms with Gasteiger partial charge in [0.25, 0.3) is 0 Å². The quantitative estimate of drug-likeness (QED) is 0.434. The van der Waals surface area contributed by atoms with Crippen LogP contribution in [-0.2, 0) is 6.54 Å². The molecule has 1 saturated carbocycles. The van der Waals surface area contributed by atoms with Gasteiger partial charge in [-0.25, -0.2) is 9.97 Å². The van der Waals surface area contributed by atoms with Crippen LogP contribution in [0, 0.1) is 12.8 Å². The Labute approximate surface area is 187 Å². The van der Waals surface area contributed by atoms with Gasteiger partial charge in [-0.2, -0.15) is 0 Å². The lowest BCUT2D eigenvalue weighted by atomic mass is 10.3. The fraction of sp³-hybridized carbons (Fsp3) is 0.391. The van der Waals surface area contributed by atoms with Crippen LogP contribution in [-0.4, -0.2) is 45.3 Å². The van der Waals surface area contributed by atoms with Crippen LogP contribution in [0.25, 0.3) is 5.69 Å². The summed E-state index contributed by atoms with van der Waals surface area (Å²) in [6, 6.07) is 12.0. The van der Waals surface area contributed by atoms with Crippen molar-refractivity contribution in [2.45, 2.75) is 31.5 Å². The average molecular weight is 442 g/mol. The number of rotatable bonds is 10. The Bertz CT molecular complexity index is 951. The third kappa shape index (κ3) is 5.78. The number of halogens is 1. The molecular weight excluding hydrogens is 414 g/mol. The number of thioether (sulfide) groups is 1. The van der Waals surface area contributed by atoms with Crippen LogP contribution >= 0.6 is 23.4 Å². The van der Waals surface area contributed by atoms with Crippen molar-refractivity contribution in [3.05, 3.63) is 65.1 Å². The van der Waals surface area contributed by atoms with E-state index in [0.717, 1.165) is 51.2 Å². The van der Waals surface area contributed by atoms with Crippen LogP contribution in [0.5, 0.6) is 0 Å². The Morgan fingerprint density at radius 3 is 2.63 bits per heavy atom. The molecule has 0 unspecified atom stereocenters. The molecule has 0 radical (unpaired) electrons. The largest absolute Gasteiger partial charge is 0.364 e. The Balaban J connectivity index is 1.47. The molecule has 0 aliphatic heterocycles. The highest BCUT2D eigenvalue weighted by Crippen LogP contribution is 2.30. The lowest BCUT2D eigenvalue weighted by molar-refractivity contribution is 0.340. The molecule has 5 nitrogen and oxygen atoms in total. The summed E-state index contributed by atoms with van der Waals surface area (Å²) >= 11 is 7.92. The van der Waals surface area contributed by atoms with Gasteiger partial charge in [0.1, 0.15) is 5.82 Å². The van der Waals surface area contributed by atoms with E-state index in [4.69, 9.17) is 16.6 Å². The van der Waals surface area contributed by atoms with Crippen LogP contribution in [0.3, 0.4) is 0 Å². The Morgan fingerprint density at radius 2 is 1.93 bits per heavy atom. The lowest BCUT2D eigenvalue weighted by Crippen LogP contribution is -2.23. The summed E-state index contributed by atoms with van der Waals surface area (Å²) in [4.78, 5) is 11.6. The number of anilines is 1. The summed E-state index contributed by atoms with van der Waals surface area (Å²) in [5, 5.41) is 5.15. The summed E-state index contributed by atoms with van der Waals surface area (Å²) in [6.07, 6.45) is 6.61. The Morgan fingerprint density at radius 1 is 1.13 bits per heavy atom. The average Bonchev–Trinajstić information content (AvgIpc) is 3.46. The fourth-order valence-corrected chi connectivity index (χ4v) is 4.53. The van der Waals surface area contributed by atoms with Crippen molar-refractivity contribution < 1.29 is 0 Å². The SMILES string of the molecule is Cc1ccc(NCc2cnc(SCCN(C)CC3CC3)n2-c2ccc(Cl)cc2)nc1. The first-order valence-electron chi connectivity index (χ1n) is 10.4. The van der Waals surface area contributed by atoms with Gasteiger partial charge in [0.2, 0.25) is 0 Å². The molecule has 1 fully saturated rings. The maximum atomic E-state index is 6.12. The lowest BCUT2D eigenvalue weighted by Gasteiger charge is -2.16. The van der Waals surface area contributed by atoms with Crippen molar-refractivity contribution in [2.24, 2.45) is 5.92 Å². The molecule has 0 amide bonds. The van der Waals surface area contributed by atoms with Crippen molar-refractivity contribution in [1.29, 1.82) is 0 Å². The third-order valence-corrected chi connectivity index (χ3v) is 6.41. The highest BCUT2D eigenvalue weighted by molar-refractivity contribution is 7.99. The van der Waals surface area contributed by atoms with E-state index in [0.29, 0.717) is 6.54 Å². The van der Waals surface area contributed by atoms with Gasteiger partial charge >= 0.3 is 0 Å². The van der Waals surface area contributed by atoms with E-state index in [2.05, 4.69) is 32.9 Å². The second-order valence-electron chi connectivity index (χ2n) is 7.97. The van der Waals surface area contributed by atoms with Crippen LogP contribution < -0.4 is 5.32 Å². The summed E-state index contributed by atoms with van der Waals surface area (Å²) in [5.41, 5.74) is 3.31. The molecule has 0 bridgehead atoms. The van der Waals surface area contributed by atoms with Gasteiger partial charge in [-0.15, -0.1) is 0 Å². The van der Waals surface area contributed by atoms with Crippen LogP contribution in [0.2, 0.25) is 5.02 Å². The Hall–Kier alpha value is -2.02. The van der Waals surface area contributed by atoms with Gasteiger partial charge in [-0.05, 0) is 68.6 Å². The molecule has 2 aromatic heterocycles. The minimum absolute atomic E-state index is 0.647. The van der Waals surface area contributed by atoms with E-state index in [-0.39, 0.29) is 0 Å². The molecule has 1 aromatic carbocycles. The summed E-state index contributed by atoms with van der Waals surface area (Å²) in [6.45, 7) is 4.96. The fourth-order valence-electron chi connectivity index (χ4n) is 3.34. The molecule has 0 atom stereocenters. The minimum Gasteiger partial charge on any atom is -0.364 e. The zero-order chi connectivity index (χ0) is 20.9. The van der Waals surface area contributed by atoms with E-state index < -0.39 is 0 Å². The summed E-state index contributed by atoms with van der Waals surface area (Å²) < 4.78 is 2.21. The maximum Gasteiger partial charge on any atom is 0.172 e. The van der Waals surface area contributed by atoms with E-state index in [1.165, 1.54) is 19.4 Å². The highest BCUT2D eigenvalue weighted by Gasteiger charge is 2.22. The molecule has 0 spiro atoms. The number of hydrogen-bond donors (Lipinski definition) is 1. The summed E-state index contributed by atoms with van der Waals surface area (Å²) in [7, 11) is 2.22. The number of hydrogen-bond acceptors (Lipinski definition) is 5. The molecule has 3 aromatic rings. The molecule has 4 rings (SSSR count). The van der Waals surface area contributed by atoms with E-state index in [1.807, 2.05) is 49.6 Å². The molecule has 1 N–H and O–H groups in total. The van der Waals surface area contributed by atoms with Gasteiger partial charge in [-0.1, -0.05) is 29.4 Å². The van der Waals surface area contributed by atoms with Gasteiger partial charge in [-0.3, -0.25) is 4.57 Å². The third-order valence-electron chi connectivity index (χ3n) is 5.22. The van der Waals surface area contributed by atoms with Crippen molar-refractivity contribution in [1.82, 2.24) is 19.4 Å². The molecule has 7 heteroatoms. The van der Waals surface area contributed by atoms with E-state index >= 15 is 0 Å². The standard InChI is InChI=1S/C23H28ClN5S/c1-17-3-10-22(25-13-17)26-14-21-15-27-23(29(21)20-8-6-19(24)7-9-20)30-12-11-28(2)16-18-4-5-18/h3,6-10,13,15,18H,4-5,11-12,14,16H2,1-2H3,(H,25,26). The number of aryl methyl sites for hydroxylation is 1. The molecular formula is C23H28ClN5S. The molecule has 30 heavy (non-hydrogen) atoms. The predicted molar refractivity (Wildman–Crippen MR) is 126 cm³/mol.